The number of rotatable bonds is 28. The van der Waals surface area contributed by atoms with Gasteiger partial charge in [-0.25, -0.2) is 4.79 Å². The van der Waals surface area contributed by atoms with Crippen LogP contribution in [0.4, 0.5) is 4.79 Å². The van der Waals surface area contributed by atoms with Crippen molar-refractivity contribution in [3.63, 3.8) is 0 Å². The lowest BCUT2D eigenvalue weighted by Crippen LogP contribution is -2.70. The number of fused-ring (bicyclic) bond motifs is 4. The third-order valence-corrected chi connectivity index (χ3v) is 15.6. The Morgan fingerprint density at radius 1 is 0.773 bits per heavy atom. The van der Waals surface area contributed by atoms with E-state index >= 15 is 4.79 Å². The number of unbranched alkanes of at least 4 members (excludes halogenated alkanes) is 11. The first-order valence-corrected chi connectivity index (χ1v) is 28.4. The van der Waals surface area contributed by atoms with Gasteiger partial charge in [-0.1, -0.05) is 168 Å². The highest BCUT2D eigenvalue weighted by atomic mass is 16.7. The van der Waals surface area contributed by atoms with Crippen molar-refractivity contribution in [2.24, 2.45) is 22.9 Å². The summed E-state index contributed by atoms with van der Waals surface area (Å²) in [5.41, 5.74) is 3.08. The van der Waals surface area contributed by atoms with Crippen LogP contribution in [-0.4, -0.2) is 70.8 Å². The molecule has 1 saturated carbocycles. The Bertz CT molecular complexity index is 2700. The molecule has 6 unspecified atom stereocenters. The van der Waals surface area contributed by atoms with Gasteiger partial charge in [0.15, 0.2) is 0 Å². The predicted octanol–water partition coefficient (Wildman–Crippen LogP) is 15.8. The molecule has 0 spiro atoms. The summed E-state index contributed by atoms with van der Waals surface area (Å²) in [4.78, 5) is 23.7. The molecular formula is C65H84N2O8. The third kappa shape index (κ3) is 13.8. The van der Waals surface area contributed by atoms with Crippen molar-refractivity contribution in [3.05, 3.63) is 139 Å². The van der Waals surface area contributed by atoms with Gasteiger partial charge in [-0.15, -0.1) is 6.58 Å². The lowest BCUT2D eigenvalue weighted by atomic mass is 9.55. The number of allylic oxidation sites excluding steroid dienone is 1. The highest BCUT2D eigenvalue weighted by molar-refractivity contribution is 6.03. The molecule has 0 saturated heterocycles. The molecule has 1 fully saturated rings. The number of benzene rings is 5. The first-order valence-electron chi connectivity index (χ1n) is 28.4. The first kappa shape index (κ1) is 55.5. The number of hydrogen-bond donors (Lipinski definition) is 2. The maximum absolute atomic E-state index is 15.4. The van der Waals surface area contributed by atoms with E-state index in [9.17, 15) is 10.2 Å². The Morgan fingerprint density at radius 2 is 1.44 bits per heavy atom. The summed E-state index contributed by atoms with van der Waals surface area (Å²) in [6.07, 6.45) is 20.4. The van der Waals surface area contributed by atoms with Crippen LogP contribution in [0.15, 0.2) is 133 Å². The molecule has 2 N–H and O–H groups in total. The van der Waals surface area contributed by atoms with E-state index in [1.165, 1.54) is 44.9 Å². The molecule has 8 rings (SSSR count). The highest BCUT2D eigenvalue weighted by Crippen LogP contribution is 2.62. The normalized spacial score (nSPS) is 21.5. The van der Waals surface area contributed by atoms with Crippen molar-refractivity contribution in [3.8, 4) is 17.2 Å². The zero-order valence-corrected chi connectivity index (χ0v) is 45.4. The van der Waals surface area contributed by atoms with Crippen LogP contribution in [0.2, 0.25) is 0 Å². The Balaban J connectivity index is 1.25. The lowest BCUT2D eigenvalue weighted by molar-refractivity contribution is -0.256. The maximum Gasteiger partial charge on any atom is 0.410 e. The largest absolute Gasteiger partial charge is 0.459 e. The van der Waals surface area contributed by atoms with Crippen LogP contribution in [0.5, 0.6) is 17.2 Å². The van der Waals surface area contributed by atoms with Gasteiger partial charge in [0.05, 0.1) is 31.4 Å². The molecule has 5 aromatic rings. The SMILES string of the molecule is C=CCOC12Oc3ccc(Oc4ccc5ccccc5c4)cc3C3C(CCCCO)C(CCCCO)C=C(C(=NOC(C)(C)C)CC1N(Cc1cccc4ccccc14)C(=O)OCCCCCCCCCCCC)C32. The van der Waals surface area contributed by atoms with E-state index < -0.39 is 29.4 Å². The molecule has 2 aliphatic carbocycles. The van der Waals surface area contributed by atoms with Crippen LogP contribution in [0, 0.1) is 17.8 Å². The standard InChI is InChI=1S/C65H84N2O8/c1-6-8-9-10-11-12-13-14-15-24-41-71-63(70)67(46-51-31-25-30-48-27-18-19-32-54(48)51)60-45-58(66-75-64(3,4)5)56-43-50(29-20-22-38-68)55(33-21-23-39-69)61-57-44-53(73-52-35-34-47-26-16-17-28-49(47)42-52)36-37-59(57)74-65(60,62(56)61)72-40-7-2/h7,16-19,25-28,30-32,34-37,42-44,50,55,60-62,68-69H,2,6,8-15,20-24,29,33,38-41,45-46H2,1,3-5H3. The lowest BCUT2D eigenvalue weighted by Gasteiger charge is -2.60. The summed E-state index contributed by atoms with van der Waals surface area (Å²) in [6, 6.07) is 34.3. The number of aliphatic hydroxyl groups excluding tert-OH is 2. The molecule has 10 nitrogen and oxygen atoms in total. The minimum absolute atomic E-state index is 0.0487. The maximum atomic E-state index is 15.4. The Labute approximate surface area is 447 Å². The molecule has 6 atom stereocenters. The molecule has 5 aromatic carbocycles. The molecule has 3 aliphatic rings. The quantitative estimate of drug-likeness (QED) is 0.0289. The molecule has 10 heteroatoms. The van der Waals surface area contributed by atoms with E-state index in [1.54, 1.807) is 6.08 Å². The van der Waals surface area contributed by atoms with Crippen molar-refractivity contribution in [2.75, 3.05) is 26.4 Å². The fourth-order valence-electron chi connectivity index (χ4n) is 12.0. The number of hydrogen-bond acceptors (Lipinski definition) is 9. The van der Waals surface area contributed by atoms with E-state index in [1.807, 2.05) is 68.1 Å². The van der Waals surface area contributed by atoms with E-state index in [0.717, 1.165) is 94.7 Å². The van der Waals surface area contributed by atoms with Gasteiger partial charge in [-0.2, -0.15) is 0 Å². The predicted molar refractivity (Wildman–Crippen MR) is 303 cm³/mol. The second kappa shape index (κ2) is 26.9. The second-order valence-electron chi connectivity index (χ2n) is 22.1. The molecule has 0 bridgehead atoms. The van der Waals surface area contributed by atoms with Gasteiger partial charge >= 0.3 is 6.09 Å². The molecule has 402 valence electrons. The molecule has 0 aromatic heterocycles. The minimum Gasteiger partial charge on any atom is -0.459 e. The van der Waals surface area contributed by atoms with Gasteiger partial charge in [0.1, 0.15) is 28.9 Å². The average Bonchev–Trinajstić information content (AvgIpc) is 3.42. The fourth-order valence-corrected chi connectivity index (χ4v) is 12.0. The van der Waals surface area contributed by atoms with Gasteiger partial charge in [0.2, 0.25) is 5.79 Å². The van der Waals surface area contributed by atoms with Gasteiger partial charge in [0, 0.05) is 31.1 Å². The van der Waals surface area contributed by atoms with Crippen molar-refractivity contribution in [1.82, 2.24) is 4.90 Å². The Hall–Kier alpha value is -5.68. The number of aliphatic hydroxyl groups is 2. The van der Waals surface area contributed by atoms with E-state index in [-0.39, 0.29) is 50.5 Å². The number of carbonyl (C=O) groups excluding carboxylic acids is 1. The zero-order chi connectivity index (χ0) is 52.6. The van der Waals surface area contributed by atoms with Crippen molar-refractivity contribution < 1.29 is 38.8 Å². The molecule has 1 heterocycles. The van der Waals surface area contributed by atoms with E-state index in [0.29, 0.717) is 30.9 Å². The summed E-state index contributed by atoms with van der Waals surface area (Å²) in [6.45, 7) is 13.3. The second-order valence-corrected chi connectivity index (χ2v) is 22.1. The Kier molecular flexibility index (Phi) is 19.9. The van der Waals surface area contributed by atoms with Crippen LogP contribution in [0.1, 0.15) is 154 Å². The van der Waals surface area contributed by atoms with Crippen LogP contribution >= 0.6 is 0 Å². The molecule has 0 radical (unpaired) electrons. The van der Waals surface area contributed by atoms with Crippen molar-refractivity contribution in [1.29, 1.82) is 0 Å². The van der Waals surface area contributed by atoms with Crippen LogP contribution in [0.3, 0.4) is 0 Å². The van der Waals surface area contributed by atoms with Crippen LogP contribution in [-0.2, 0) is 20.9 Å². The number of carbonyl (C=O) groups is 1. The molecule has 1 aliphatic heterocycles. The number of ether oxygens (including phenoxy) is 4. The Morgan fingerprint density at radius 3 is 2.17 bits per heavy atom. The number of oxime groups is 1. The van der Waals surface area contributed by atoms with Crippen LogP contribution < -0.4 is 9.47 Å². The number of nitrogens with zero attached hydrogens (tertiary/aromatic N) is 2. The zero-order valence-electron chi connectivity index (χ0n) is 45.4. The summed E-state index contributed by atoms with van der Waals surface area (Å²) in [5.74, 6) is 0.0354. The van der Waals surface area contributed by atoms with Gasteiger partial charge in [0.25, 0.3) is 0 Å². The molecular weight excluding hydrogens is 937 g/mol. The molecule has 1 amide bonds. The van der Waals surface area contributed by atoms with Gasteiger partial charge in [-0.3, -0.25) is 4.90 Å². The molecule has 75 heavy (non-hydrogen) atoms. The minimum atomic E-state index is -1.45. The summed E-state index contributed by atoms with van der Waals surface area (Å²) in [7, 11) is 0. The highest BCUT2D eigenvalue weighted by Gasteiger charge is 2.66. The topological polar surface area (TPSA) is 119 Å². The van der Waals surface area contributed by atoms with E-state index in [4.69, 9.17) is 28.9 Å². The van der Waals surface area contributed by atoms with Crippen molar-refractivity contribution in [2.45, 2.75) is 167 Å². The summed E-state index contributed by atoms with van der Waals surface area (Å²) >= 11 is 0. The summed E-state index contributed by atoms with van der Waals surface area (Å²) < 4.78 is 28.1. The fraction of sp³-hybridized carbons (Fsp3) is 0.508. The monoisotopic (exact) mass is 1020 g/mol. The van der Waals surface area contributed by atoms with Crippen LogP contribution in [0.25, 0.3) is 21.5 Å². The average molecular weight is 1020 g/mol. The van der Waals surface area contributed by atoms with Gasteiger partial charge < -0.3 is 34.0 Å². The first-order chi connectivity index (χ1) is 36.6. The number of amides is 1. The summed E-state index contributed by atoms with van der Waals surface area (Å²) in [5, 5.41) is 29.7. The van der Waals surface area contributed by atoms with E-state index in [2.05, 4.69) is 80.2 Å². The smallest absolute Gasteiger partial charge is 0.410 e. The van der Waals surface area contributed by atoms with Crippen molar-refractivity contribution >= 4 is 33.3 Å². The third-order valence-electron chi connectivity index (χ3n) is 15.6. The van der Waals surface area contributed by atoms with Gasteiger partial charge in [-0.05, 0) is 128 Å².